The molecule has 0 saturated carbocycles. The van der Waals surface area contributed by atoms with Crippen molar-refractivity contribution in [3.63, 3.8) is 0 Å². The molecule has 1 atom stereocenters. The van der Waals surface area contributed by atoms with Crippen molar-refractivity contribution in [2.45, 2.75) is 57.5 Å². The molecule has 1 aliphatic carbocycles. The molecule has 0 bridgehead atoms. The van der Waals surface area contributed by atoms with E-state index < -0.39 is 0 Å². The molecule has 6 heteroatoms. The maximum Gasteiger partial charge on any atom is 0.230 e. The fraction of sp³-hybridized carbons (Fsp3) is 0.588. The van der Waals surface area contributed by atoms with Crippen molar-refractivity contribution < 1.29 is 4.79 Å². The number of aryl methyl sites for hydroxylation is 1. The van der Waals surface area contributed by atoms with Crippen molar-refractivity contribution >= 4 is 39.2 Å². The second-order valence-corrected chi connectivity index (χ2v) is 9.35. The van der Waals surface area contributed by atoms with Crippen LogP contribution in [0.25, 0.3) is 10.2 Å². The monoisotopic (exact) mass is 349 g/mol. The molecule has 0 fully saturated rings. The van der Waals surface area contributed by atoms with Gasteiger partial charge in [-0.15, -0.1) is 11.3 Å². The molecule has 1 aliphatic rings. The topological polar surface area (TPSA) is 54.9 Å². The molecule has 0 aliphatic heterocycles. The normalized spacial score (nSPS) is 18.0. The summed E-state index contributed by atoms with van der Waals surface area (Å²) in [5.41, 5.74) is 1.22. The Balaban J connectivity index is 1.83. The molecule has 3 rings (SSSR count). The second kappa shape index (κ2) is 6.40. The zero-order valence-electron chi connectivity index (χ0n) is 14.1. The smallest absolute Gasteiger partial charge is 0.230 e. The van der Waals surface area contributed by atoms with E-state index in [2.05, 4.69) is 22.2 Å². The van der Waals surface area contributed by atoms with Gasteiger partial charge < -0.3 is 5.32 Å². The quantitative estimate of drug-likeness (QED) is 0.676. The van der Waals surface area contributed by atoms with Crippen LogP contribution in [-0.2, 0) is 17.6 Å². The summed E-state index contributed by atoms with van der Waals surface area (Å²) in [4.78, 5) is 23.5. The van der Waals surface area contributed by atoms with Gasteiger partial charge >= 0.3 is 0 Å². The molecule has 2 aromatic rings. The van der Waals surface area contributed by atoms with Gasteiger partial charge in [0.1, 0.15) is 16.2 Å². The van der Waals surface area contributed by atoms with Gasteiger partial charge in [0, 0.05) is 15.8 Å². The number of nitrogens with zero attached hydrogens (tertiary/aromatic N) is 2. The largest absolute Gasteiger partial charge is 0.351 e. The third-order valence-electron chi connectivity index (χ3n) is 3.91. The first-order chi connectivity index (χ1) is 10.8. The third-order valence-corrected chi connectivity index (χ3v) is 6.06. The third kappa shape index (κ3) is 3.86. The number of hydrogen-bond acceptors (Lipinski definition) is 5. The predicted molar refractivity (Wildman–Crippen MR) is 97.2 cm³/mol. The van der Waals surface area contributed by atoms with Crippen LogP contribution < -0.4 is 5.32 Å². The van der Waals surface area contributed by atoms with E-state index in [4.69, 9.17) is 0 Å². The Morgan fingerprint density at radius 2 is 2.22 bits per heavy atom. The van der Waals surface area contributed by atoms with E-state index in [-0.39, 0.29) is 11.4 Å². The molecule has 1 amide bonds. The van der Waals surface area contributed by atoms with Gasteiger partial charge in [-0.2, -0.15) is 0 Å². The zero-order chi connectivity index (χ0) is 16.6. The van der Waals surface area contributed by atoms with E-state index in [0.717, 1.165) is 28.6 Å². The zero-order valence-corrected chi connectivity index (χ0v) is 15.7. The maximum absolute atomic E-state index is 12.1. The van der Waals surface area contributed by atoms with E-state index in [0.29, 0.717) is 5.75 Å². The van der Waals surface area contributed by atoms with Gasteiger partial charge in [0.25, 0.3) is 0 Å². The second-order valence-electron chi connectivity index (χ2n) is 7.30. The van der Waals surface area contributed by atoms with Crippen LogP contribution in [0.2, 0.25) is 0 Å². The lowest BCUT2D eigenvalue weighted by Gasteiger charge is -2.20. The Hall–Kier alpha value is -1.14. The van der Waals surface area contributed by atoms with Crippen molar-refractivity contribution in [3.8, 4) is 0 Å². The lowest BCUT2D eigenvalue weighted by molar-refractivity contribution is -0.119. The van der Waals surface area contributed by atoms with Crippen LogP contribution in [0.3, 0.4) is 0 Å². The minimum Gasteiger partial charge on any atom is -0.351 e. The standard InChI is InChI=1S/C17H23N3OS2/c1-10-5-6-11-12(7-10)23-16-14(11)15(18-9-19-16)22-8-13(21)20-17(2,3)4/h9-10H,5-8H2,1-4H3,(H,20,21)/t10-/m1/s1. The molecule has 0 aromatic carbocycles. The molecule has 0 unspecified atom stereocenters. The molecule has 4 nitrogen and oxygen atoms in total. The molecule has 0 saturated heterocycles. The molecule has 0 radical (unpaired) electrons. The van der Waals surface area contributed by atoms with Gasteiger partial charge in [0.05, 0.1) is 5.75 Å². The highest BCUT2D eigenvalue weighted by atomic mass is 32.2. The van der Waals surface area contributed by atoms with Gasteiger partial charge in [-0.3, -0.25) is 4.79 Å². The van der Waals surface area contributed by atoms with Crippen LogP contribution in [0.4, 0.5) is 0 Å². The summed E-state index contributed by atoms with van der Waals surface area (Å²) < 4.78 is 0. The van der Waals surface area contributed by atoms with Crippen LogP contribution in [0, 0.1) is 5.92 Å². The number of aromatic nitrogens is 2. The molecule has 2 aromatic heterocycles. The molecular formula is C17H23N3OS2. The Morgan fingerprint density at radius 3 is 2.96 bits per heavy atom. The van der Waals surface area contributed by atoms with E-state index in [1.165, 1.54) is 34.0 Å². The first kappa shape index (κ1) is 16.7. The highest BCUT2D eigenvalue weighted by molar-refractivity contribution is 8.00. The lowest BCUT2D eigenvalue weighted by Crippen LogP contribution is -2.41. The Morgan fingerprint density at radius 1 is 1.43 bits per heavy atom. The van der Waals surface area contributed by atoms with Gasteiger partial charge in [-0.1, -0.05) is 18.7 Å². The summed E-state index contributed by atoms with van der Waals surface area (Å²) >= 11 is 3.32. The summed E-state index contributed by atoms with van der Waals surface area (Å²) in [6.45, 7) is 8.30. The average Bonchev–Trinajstić information content (AvgIpc) is 2.81. The molecule has 2 heterocycles. The number of carbonyl (C=O) groups excluding carboxylic acids is 1. The summed E-state index contributed by atoms with van der Waals surface area (Å²) in [7, 11) is 0. The van der Waals surface area contributed by atoms with Crippen molar-refractivity contribution in [1.29, 1.82) is 0 Å². The maximum atomic E-state index is 12.1. The van der Waals surface area contributed by atoms with Crippen LogP contribution in [0.15, 0.2) is 11.4 Å². The van der Waals surface area contributed by atoms with Gasteiger partial charge in [-0.05, 0) is 51.5 Å². The first-order valence-electron chi connectivity index (χ1n) is 8.02. The fourth-order valence-electron chi connectivity index (χ4n) is 2.94. The number of thiophene rings is 1. The summed E-state index contributed by atoms with van der Waals surface area (Å²) in [6, 6.07) is 0. The van der Waals surface area contributed by atoms with E-state index in [9.17, 15) is 4.79 Å². The summed E-state index contributed by atoms with van der Waals surface area (Å²) in [5.74, 6) is 1.19. The van der Waals surface area contributed by atoms with Crippen molar-refractivity contribution in [3.05, 3.63) is 16.8 Å². The van der Waals surface area contributed by atoms with E-state index in [1.54, 1.807) is 17.7 Å². The average molecular weight is 350 g/mol. The number of thioether (sulfide) groups is 1. The number of hydrogen-bond donors (Lipinski definition) is 1. The molecular weight excluding hydrogens is 326 g/mol. The Labute approximate surface area is 145 Å². The summed E-state index contributed by atoms with van der Waals surface area (Å²) in [5, 5.41) is 5.14. The first-order valence-corrected chi connectivity index (χ1v) is 9.83. The number of rotatable bonds is 3. The number of fused-ring (bicyclic) bond motifs is 3. The van der Waals surface area contributed by atoms with E-state index >= 15 is 0 Å². The van der Waals surface area contributed by atoms with Crippen LogP contribution >= 0.6 is 23.1 Å². The van der Waals surface area contributed by atoms with Gasteiger partial charge in [0.15, 0.2) is 0 Å². The SMILES string of the molecule is C[C@@H]1CCc2c(sc3ncnc(SCC(=O)NC(C)(C)C)c23)C1. The molecule has 23 heavy (non-hydrogen) atoms. The van der Waals surface area contributed by atoms with E-state index in [1.807, 2.05) is 20.8 Å². The molecule has 0 spiro atoms. The number of amides is 1. The van der Waals surface area contributed by atoms with Crippen molar-refractivity contribution in [2.24, 2.45) is 5.92 Å². The highest BCUT2D eigenvalue weighted by Gasteiger charge is 2.23. The Kier molecular flexibility index (Phi) is 4.65. The van der Waals surface area contributed by atoms with Gasteiger partial charge in [-0.25, -0.2) is 9.97 Å². The molecule has 1 N–H and O–H groups in total. The van der Waals surface area contributed by atoms with Crippen LogP contribution in [0.5, 0.6) is 0 Å². The van der Waals surface area contributed by atoms with Gasteiger partial charge in [0.2, 0.25) is 5.91 Å². The minimum absolute atomic E-state index is 0.0481. The Bertz CT molecular complexity index is 733. The summed E-state index contributed by atoms with van der Waals surface area (Å²) in [6.07, 6.45) is 5.09. The highest BCUT2D eigenvalue weighted by Crippen LogP contribution is 2.40. The molecule has 124 valence electrons. The predicted octanol–water partition coefficient (Wildman–Crippen LogP) is 3.82. The van der Waals surface area contributed by atoms with Crippen molar-refractivity contribution in [2.75, 3.05) is 5.75 Å². The van der Waals surface area contributed by atoms with Crippen LogP contribution in [0.1, 0.15) is 44.6 Å². The number of carbonyl (C=O) groups is 1. The number of nitrogens with one attached hydrogen (secondary N) is 1. The van der Waals surface area contributed by atoms with Crippen LogP contribution in [-0.4, -0.2) is 27.2 Å². The minimum atomic E-state index is -0.198. The fourth-order valence-corrected chi connectivity index (χ4v) is 5.18. The lowest BCUT2D eigenvalue weighted by atomic mass is 9.89. The van der Waals surface area contributed by atoms with Crippen molar-refractivity contribution in [1.82, 2.24) is 15.3 Å².